The number of halogens is 4. The molecule has 1 unspecified atom stereocenters. The second-order valence-corrected chi connectivity index (χ2v) is 8.93. The predicted octanol–water partition coefficient (Wildman–Crippen LogP) is 6.16. The van der Waals surface area contributed by atoms with E-state index in [0.29, 0.717) is 35.7 Å². The summed E-state index contributed by atoms with van der Waals surface area (Å²) in [5.41, 5.74) is 3.17. The van der Waals surface area contributed by atoms with Crippen molar-refractivity contribution in [2.75, 3.05) is 0 Å². The van der Waals surface area contributed by atoms with Crippen molar-refractivity contribution >= 4 is 23.3 Å². The molecule has 0 radical (unpaired) electrons. The Bertz CT molecular complexity index is 1320. The van der Waals surface area contributed by atoms with E-state index in [-0.39, 0.29) is 24.8 Å². The zero-order valence-corrected chi connectivity index (χ0v) is 19.1. The lowest BCUT2D eigenvalue weighted by molar-refractivity contribution is -0.274. The molecule has 1 atom stereocenters. The van der Waals surface area contributed by atoms with Gasteiger partial charge in [-0.15, -0.1) is 23.4 Å². The highest BCUT2D eigenvalue weighted by Gasteiger charge is 2.32. The molecule has 2 aromatic carbocycles. The third-order valence-corrected chi connectivity index (χ3v) is 6.45. The number of hydrogen-bond acceptors (Lipinski definition) is 4. The van der Waals surface area contributed by atoms with Gasteiger partial charge in [-0.1, -0.05) is 29.8 Å². The van der Waals surface area contributed by atoms with Gasteiger partial charge in [0.15, 0.2) is 5.82 Å². The Morgan fingerprint density at radius 1 is 1.14 bits per heavy atom. The molecule has 2 heterocycles. The summed E-state index contributed by atoms with van der Waals surface area (Å²) < 4.78 is 43.7. The fourth-order valence-electron chi connectivity index (χ4n) is 4.65. The molecule has 182 valence electrons. The van der Waals surface area contributed by atoms with Gasteiger partial charge in [0, 0.05) is 10.9 Å². The van der Waals surface area contributed by atoms with Gasteiger partial charge in [-0.3, -0.25) is 9.47 Å². The van der Waals surface area contributed by atoms with E-state index in [2.05, 4.69) is 14.9 Å². The molecule has 1 aliphatic heterocycles. The van der Waals surface area contributed by atoms with Gasteiger partial charge < -0.3 is 9.84 Å². The van der Waals surface area contributed by atoms with Gasteiger partial charge in [0.2, 0.25) is 0 Å². The van der Waals surface area contributed by atoms with E-state index < -0.39 is 12.5 Å². The second kappa shape index (κ2) is 8.92. The number of aromatic nitrogens is 3. The van der Waals surface area contributed by atoms with Crippen molar-refractivity contribution in [3.05, 3.63) is 76.3 Å². The van der Waals surface area contributed by atoms with Gasteiger partial charge in [0.25, 0.3) is 0 Å². The van der Waals surface area contributed by atoms with Crippen LogP contribution >= 0.6 is 11.6 Å². The van der Waals surface area contributed by atoms with E-state index in [9.17, 15) is 23.1 Å². The molecule has 1 aromatic heterocycles. The molecule has 5 rings (SSSR count). The van der Waals surface area contributed by atoms with Crippen molar-refractivity contribution < 1.29 is 27.8 Å². The molecule has 0 fully saturated rings. The van der Waals surface area contributed by atoms with Crippen LogP contribution in [0.2, 0.25) is 5.02 Å². The molecule has 2 aliphatic rings. The minimum atomic E-state index is -4.74. The van der Waals surface area contributed by atoms with Crippen molar-refractivity contribution in [1.29, 1.82) is 0 Å². The van der Waals surface area contributed by atoms with Crippen LogP contribution in [0.15, 0.2) is 48.5 Å². The minimum Gasteiger partial charge on any atom is -0.465 e. The van der Waals surface area contributed by atoms with Crippen molar-refractivity contribution in [3.8, 4) is 11.4 Å². The minimum absolute atomic E-state index is 0.00881. The third kappa shape index (κ3) is 4.84. The monoisotopic (exact) mass is 504 g/mol. The molecule has 35 heavy (non-hydrogen) atoms. The number of ether oxygens (including phenoxy) is 1. The van der Waals surface area contributed by atoms with Crippen LogP contribution in [0.4, 0.5) is 18.0 Å². The van der Waals surface area contributed by atoms with Crippen molar-refractivity contribution in [3.63, 3.8) is 0 Å². The number of benzene rings is 2. The average Bonchev–Trinajstić information content (AvgIpc) is 3.14. The standard InChI is InChI=1S/C24H20ClF3N4O3/c25-18-8-9-20-17(10-18)12-31(23(33)34)13-21-29-30-22(32(20)21)15-6-4-14(5-7-15)16-2-1-3-19(11-16)35-24(26,27)28/h1-4,8-11,15H,5-7,12-13H2,(H,33,34). The molecule has 11 heteroatoms. The highest BCUT2D eigenvalue weighted by molar-refractivity contribution is 6.30. The first-order chi connectivity index (χ1) is 16.7. The Morgan fingerprint density at radius 2 is 1.97 bits per heavy atom. The second-order valence-electron chi connectivity index (χ2n) is 8.50. The van der Waals surface area contributed by atoms with Crippen molar-refractivity contribution in [1.82, 2.24) is 19.7 Å². The molecule has 0 saturated heterocycles. The van der Waals surface area contributed by atoms with Crippen LogP contribution in [-0.2, 0) is 13.1 Å². The Hall–Kier alpha value is -3.53. The van der Waals surface area contributed by atoms with Gasteiger partial charge in [-0.25, -0.2) is 4.79 Å². The maximum absolute atomic E-state index is 12.6. The summed E-state index contributed by atoms with van der Waals surface area (Å²) in [7, 11) is 0. The van der Waals surface area contributed by atoms with Crippen molar-refractivity contribution in [2.24, 2.45) is 0 Å². The molecule has 0 bridgehead atoms. The highest BCUT2D eigenvalue weighted by atomic mass is 35.5. The van der Waals surface area contributed by atoms with Crippen LogP contribution in [0.1, 0.15) is 48.0 Å². The van der Waals surface area contributed by atoms with Gasteiger partial charge in [0.1, 0.15) is 11.6 Å². The molecule has 1 amide bonds. The van der Waals surface area contributed by atoms with E-state index in [1.807, 2.05) is 16.7 Å². The lowest BCUT2D eigenvalue weighted by Crippen LogP contribution is -2.27. The Kier molecular flexibility index (Phi) is 5.92. The lowest BCUT2D eigenvalue weighted by Gasteiger charge is -2.23. The summed E-state index contributed by atoms with van der Waals surface area (Å²) >= 11 is 6.18. The van der Waals surface area contributed by atoms with Gasteiger partial charge >= 0.3 is 12.5 Å². The SMILES string of the molecule is O=C(O)N1Cc2cc(Cl)ccc2-n2c(nnc2C2CC=C(c3cccc(OC(F)(F)F)c3)CC2)C1. The topological polar surface area (TPSA) is 80.5 Å². The van der Waals surface area contributed by atoms with Crippen LogP contribution in [0.25, 0.3) is 11.3 Å². The first-order valence-corrected chi connectivity index (χ1v) is 11.3. The number of amides is 1. The summed E-state index contributed by atoms with van der Waals surface area (Å²) in [5.74, 6) is 1.00. The number of nitrogens with zero attached hydrogens (tertiary/aromatic N) is 4. The number of allylic oxidation sites excluding steroid dienone is 2. The summed E-state index contributed by atoms with van der Waals surface area (Å²) in [6.45, 7) is 0.271. The summed E-state index contributed by atoms with van der Waals surface area (Å²) in [5, 5.41) is 18.8. The Balaban J connectivity index is 1.44. The quantitative estimate of drug-likeness (QED) is 0.462. The number of rotatable bonds is 3. The third-order valence-electron chi connectivity index (χ3n) is 6.22. The number of alkyl halides is 3. The van der Waals surface area contributed by atoms with E-state index in [0.717, 1.165) is 22.6 Å². The number of fused-ring (bicyclic) bond motifs is 3. The largest absolute Gasteiger partial charge is 0.573 e. The predicted molar refractivity (Wildman–Crippen MR) is 121 cm³/mol. The molecule has 0 spiro atoms. The first-order valence-electron chi connectivity index (χ1n) is 10.9. The van der Waals surface area contributed by atoms with E-state index in [1.165, 1.54) is 23.1 Å². The van der Waals surface area contributed by atoms with E-state index in [4.69, 9.17) is 11.6 Å². The molecule has 1 aliphatic carbocycles. The smallest absolute Gasteiger partial charge is 0.465 e. The van der Waals surface area contributed by atoms with Gasteiger partial charge in [0.05, 0.1) is 18.8 Å². The average molecular weight is 505 g/mol. The van der Waals surface area contributed by atoms with Crippen LogP contribution in [0.5, 0.6) is 5.75 Å². The van der Waals surface area contributed by atoms with Crippen LogP contribution in [-0.4, -0.2) is 37.2 Å². The fourth-order valence-corrected chi connectivity index (χ4v) is 4.84. The fraction of sp³-hybridized carbons (Fsp3) is 0.292. The van der Waals surface area contributed by atoms with Crippen molar-refractivity contribution in [2.45, 2.75) is 44.6 Å². The van der Waals surface area contributed by atoms with E-state index >= 15 is 0 Å². The molecular weight excluding hydrogens is 485 g/mol. The summed E-state index contributed by atoms with van der Waals surface area (Å²) in [4.78, 5) is 13.0. The number of hydrogen-bond donors (Lipinski definition) is 1. The zero-order chi connectivity index (χ0) is 24.7. The Morgan fingerprint density at radius 3 is 2.69 bits per heavy atom. The summed E-state index contributed by atoms with van der Waals surface area (Å²) in [6.07, 6.45) is -1.84. The molecule has 0 saturated carbocycles. The number of carboxylic acid groups (broad SMARTS) is 1. The maximum Gasteiger partial charge on any atom is 0.573 e. The molecule has 1 N–H and O–H groups in total. The van der Waals surface area contributed by atoms with Crippen LogP contribution < -0.4 is 4.74 Å². The van der Waals surface area contributed by atoms with Crippen LogP contribution in [0, 0.1) is 0 Å². The zero-order valence-electron chi connectivity index (χ0n) is 18.3. The Labute approximate surface area is 203 Å². The molecular formula is C24H20ClF3N4O3. The summed E-state index contributed by atoms with van der Waals surface area (Å²) in [6, 6.07) is 11.3. The lowest BCUT2D eigenvalue weighted by atomic mass is 9.86. The maximum atomic E-state index is 12.6. The molecule has 7 nitrogen and oxygen atoms in total. The first kappa shape index (κ1) is 23.2. The molecule has 3 aromatic rings. The number of carbonyl (C=O) groups is 1. The van der Waals surface area contributed by atoms with Gasteiger partial charge in [-0.2, -0.15) is 0 Å². The van der Waals surface area contributed by atoms with Crippen LogP contribution in [0.3, 0.4) is 0 Å². The highest BCUT2D eigenvalue weighted by Crippen LogP contribution is 2.39. The van der Waals surface area contributed by atoms with E-state index in [1.54, 1.807) is 18.2 Å². The van der Waals surface area contributed by atoms with Gasteiger partial charge in [-0.05, 0) is 66.3 Å². The normalized spacial score (nSPS) is 17.8.